The van der Waals surface area contributed by atoms with E-state index in [1.54, 1.807) is 11.3 Å². The van der Waals surface area contributed by atoms with Crippen molar-refractivity contribution in [2.45, 2.75) is 0 Å². The summed E-state index contributed by atoms with van der Waals surface area (Å²) < 4.78 is 9.53. The number of para-hydroxylation sites is 3. The Morgan fingerprint density at radius 1 is 0.367 bits per heavy atom. The Morgan fingerprint density at radius 2 is 0.933 bits per heavy atom. The first-order valence-electron chi connectivity index (χ1n) is 20.4. The summed E-state index contributed by atoms with van der Waals surface area (Å²) in [5.41, 5.74) is 9.11. The van der Waals surface area contributed by atoms with Crippen LogP contribution in [0.3, 0.4) is 0 Å². The maximum absolute atomic E-state index is 5.81. The van der Waals surface area contributed by atoms with Gasteiger partial charge in [0.15, 0.2) is 5.82 Å². The van der Waals surface area contributed by atoms with Gasteiger partial charge in [-0.2, -0.15) is 4.98 Å². The number of thiophene rings is 1. The van der Waals surface area contributed by atoms with Crippen LogP contribution in [0.25, 0.3) is 135 Å². The standard InChI is InChI=1S/C54H29N5S/c1-3-15-32-30(13-1)25-27-43-46(32)36-19-7-11-23-42(36)58(43)54-55-49-37-20-8-12-24-45(37)60-52(49)53(56-54)59-41-22-10-6-18-35(41)39-29-38-34-17-5-9-21-40(34)57-44-28-26-31-14-2-4-16-33(31)47(44)48(50(38)57)51(39)59/h1-29H. The van der Waals surface area contributed by atoms with Crippen molar-refractivity contribution in [1.82, 2.24) is 23.5 Å². The zero-order chi connectivity index (χ0) is 38.8. The maximum Gasteiger partial charge on any atom is 0.237 e. The number of aromatic nitrogens is 5. The molecule has 276 valence electrons. The Hall–Kier alpha value is -7.80. The van der Waals surface area contributed by atoms with Gasteiger partial charge in [0.2, 0.25) is 5.95 Å². The molecule has 6 aromatic heterocycles. The summed E-state index contributed by atoms with van der Waals surface area (Å²) >= 11 is 1.78. The van der Waals surface area contributed by atoms with Gasteiger partial charge in [0, 0.05) is 53.2 Å². The minimum atomic E-state index is 0.658. The molecule has 60 heavy (non-hydrogen) atoms. The van der Waals surface area contributed by atoms with E-state index in [1.165, 1.54) is 91.4 Å². The van der Waals surface area contributed by atoms with Gasteiger partial charge in [-0.3, -0.25) is 9.13 Å². The first kappa shape index (κ1) is 31.2. The number of hydrogen-bond donors (Lipinski definition) is 0. The highest BCUT2D eigenvalue weighted by atomic mass is 32.1. The topological polar surface area (TPSA) is 40.0 Å². The second-order valence-electron chi connectivity index (χ2n) is 16.1. The molecule has 9 aromatic carbocycles. The summed E-state index contributed by atoms with van der Waals surface area (Å²) in [6, 6.07) is 64.2. The van der Waals surface area contributed by atoms with E-state index in [1.807, 2.05) is 0 Å². The molecule has 0 radical (unpaired) electrons. The lowest BCUT2D eigenvalue weighted by Crippen LogP contribution is -2.06. The molecule has 15 aromatic rings. The van der Waals surface area contributed by atoms with Crippen molar-refractivity contribution in [2.75, 3.05) is 0 Å². The number of fused-ring (bicyclic) bond motifs is 20. The molecule has 0 N–H and O–H groups in total. The molecule has 0 bridgehead atoms. The zero-order valence-corrected chi connectivity index (χ0v) is 32.7. The summed E-state index contributed by atoms with van der Waals surface area (Å²) in [6.45, 7) is 0. The molecule has 0 unspecified atom stereocenters. The molecule has 0 amide bonds. The number of nitrogens with zero attached hydrogens (tertiary/aromatic N) is 5. The second-order valence-corrected chi connectivity index (χ2v) is 17.1. The van der Waals surface area contributed by atoms with Crippen LogP contribution < -0.4 is 0 Å². The van der Waals surface area contributed by atoms with Gasteiger partial charge in [-0.05, 0) is 64.0 Å². The van der Waals surface area contributed by atoms with Crippen molar-refractivity contribution in [1.29, 1.82) is 0 Å². The summed E-state index contributed by atoms with van der Waals surface area (Å²) in [7, 11) is 0. The van der Waals surface area contributed by atoms with Gasteiger partial charge in [0.05, 0.1) is 48.8 Å². The van der Waals surface area contributed by atoms with Gasteiger partial charge < -0.3 is 4.40 Å². The van der Waals surface area contributed by atoms with E-state index in [4.69, 9.17) is 9.97 Å². The summed E-state index contributed by atoms with van der Waals surface area (Å²) in [5, 5.41) is 15.9. The van der Waals surface area contributed by atoms with Crippen LogP contribution in [-0.4, -0.2) is 23.5 Å². The van der Waals surface area contributed by atoms with Gasteiger partial charge in [-0.15, -0.1) is 11.3 Å². The first-order chi connectivity index (χ1) is 29.8. The fraction of sp³-hybridized carbons (Fsp3) is 0. The van der Waals surface area contributed by atoms with Gasteiger partial charge in [-0.1, -0.05) is 133 Å². The molecule has 6 heteroatoms. The number of hydrogen-bond acceptors (Lipinski definition) is 3. The van der Waals surface area contributed by atoms with Crippen LogP contribution in [0.5, 0.6) is 0 Å². The predicted molar refractivity (Wildman–Crippen MR) is 253 cm³/mol. The van der Waals surface area contributed by atoms with Crippen LogP contribution in [0, 0.1) is 0 Å². The Bertz CT molecular complexity index is 4370. The maximum atomic E-state index is 5.81. The molecule has 15 rings (SSSR count). The van der Waals surface area contributed by atoms with E-state index in [0.29, 0.717) is 5.95 Å². The summed E-state index contributed by atoms with van der Waals surface area (Å²) in [6.07, 6.45) is 0. The SMILES string of the molecule is c1ccc2c(c1)ccc1c2c2ccccc2n1-c1nc(-n2c3ccccc3c3cc4c5ccccc5n5c6ccc7ccccc7c6c(c32)c45)c2sc3ccccc3c2n1. The third-order valence-electron chi connectivity index (χ3n) is 13.2. The average Bonchev–Trinajstić information content (AvgIpc) is 4.10. The van der Waals surface area contributed by atoms with E-state index < -0.39 is 0 Å². The first-order valence-corrected chi connectivity index (χ1v) is 21.2. The Morgan fingerprint density at radius 3 is 1.70 bits per heavy atom. The van der Waals surface area contributed by atoms with Crippen LogP contribution in [0.15, 0.2) is 176 Å². The molecule has 0 aliphatic heterocycles. The normalized spacial score (nSPS) is 12.7. The van der Waals surface area contributed by atoms with Crippen LogP contribution in [0.4, 0.5) is 0 Å². The molecule has 0 atom stereocenters. The lowest BCUT2D eigenvalue weighted by atomic mass is 10.00. The van der Waals surface area contributed by atoms with Gasteiger partial charge in [0.25, 0.3) is 0 Å². The summed E-state index contributed by atoms with van der Waals surface area (Å²) in [5.74, 6) is 1.55. The van der Waals surface area contributed by atoms with Crippen molar-refractivity contribution in [2.24, 2.45) is 0 Å². The van der Waals surface area contributed by atoms with E-state index in [-0.39, 0.29) is 0 Å². The van der Waals surface area contributed by atoms with Crippen molar-refractivity contribution in [3.63, 3.8) is 0 Å². The highest BCUT2D eigenvalue weighted by Crippen LogP contribution is 2.49. The fourth-order valence-electron chi connectivity index (χ4n) is 10.8. The molecule has 0 aliphatic carbocycles. The minimum Gasteiger partial charge on any atom is -0.308 e. The molecular weight excluding hydrogens is 751 g/mol. The highest BCUT2D eigenvalue weighted by molar-refractivity contribution is 7.26. The van der Waals surface area contributed by atoms with Gasteiger partial charge >= 0.3 is 0 Å². The molecular formula is C54H29N5S. The lowest BCUT2D eigenvalue weighted by Gasteiger charge is -2.13. The Kier molecular flexibility index (Phi) is 5.74. The van der Waals surface area contributed by atoms with Crippen molar-refractivity contribution < 1.29 is 0 Å². The average molecular weight is 780 g/mol. The Labute approximate surface area is 344 Å². The Balaban J connectivity index is 1.19. The van der Waals surface area contributed by atoms with Crippen LogP contribution in [0.1, 0.15) is 0 Å². The summed E-state index contributed by atoms with van der Waals surface area (Å²) in [4.78, 5) is 11.4. The quantitative estimate of drug-likeness (QED) is 0.175. The number of benzene rings is 9. The van der Waals surface area contributed by atoms with E-state index in [2.05, 4.69) is 189 Å². The van der Waals surface area contributed by atoms with E-state index in [0.717, 1.165) is 38.0 Å². The smallest absolute Gasteiger partial charge is 0.237 e. The van der Waals surface area contributed by atoms with Crippen molar-refractivity contribution in [3.8, 4) is 11.8 Å². The van der Waals surface area contributed by atoms with Crippen LogP contribution in [-0.2, 0) is 0 Å². The third kappa shape index (κ3) is 3.74. The molecule has 0 saturated heterocycles. The minimum absolute atomic E-state index is 0.658. The zero-order valence-electron chi connectivity index (χ0n) is 31.9. The highest BCUT2D eigenvalue weighted by Gasteiger charge is 2.28. The fourth-order valence-corrected chi connectivity index (χ4v) is 11.9. The molecule has 0 saturated carbocycles. The lowest BCUT2D eigenvalue weighted by molar-refractivity contribution is 0.977. The monoisotopic (exact) mass is 779 g/mol. The molecule has 0 aliphatic rings. The largest absolute Gasteiger partial charge is 0.308 e. The second kappa shape index (κ2) is 11.0. The van der Waals surface area contributed by atoms with E-state index in [9.17, 15) is 0 Å². The van der Waals surface area contributed by atoms with Crippen LogP contribution >= 0.6 is 11.3 Å². The van der Waals surface area contributed by atoms with Crippen LogP contribution in [0.2, 0.25) is 0 Å². The molecule has 0 fully saturated rings. The number of rotatable bonds is 2. The van der Waals surface area contributed by atoms with Crippen molar-refractivity contribution >= 4 is 135 Å². The van der Waals surface area contributed by atoms with Gasteiger partial charge in [0.1, 0.15) is 0 Å². The van der Waals surface area contributed by atoms with Crippen molar-refractivity contribution in [3.05, 3.63) is 176 Å². The predicted octanol–water partition coefficient (Wildman–Crippen LogP) is 14.5. The molecule has 6 heterocycles. The molecule has 5 nitrogen and oxygen atoms in total. The van der Waals surface area contributed by atoms with Gasteiger partial charge in [-0.25, -0.2) is 4.98 Å². The van der Waals surface area contributed by atoms with E-state index >= 15 is 0 Å². The third-order valence-corrected chi connectivity index (χ3v) is 14.3. The molecule has 0 spiro atoms.